The number of carbonyl (C=O) groups excluding carboxylic acids is 1. The van der Waals surface area contributed by atoms with E-state index in [9.17, 15) is 13.6 Å². The third kappa shape index (κ3) is 4.41. The summed E-state index contributed by atoms with van der Waals surface area (Å²) in [7, 11) is 1.72. The van der Waals surface area contributed by atoms with Gasteiger partial charge in [0.15, 0.2) is 0 Å². The molecule has 0 unspecified atom stereocenters. The summed E-state index contributed by atoms with van der Waals surface area (Å²) in [6.07, 6.45) is -2.46. The Bertz CT molecular complexity index is 396. The van der Waals surface area contributed by atoms with Crippen LogP contribution in [0.2, 0.25) is 0 Å². The second-order valence-electron chi connectivity index (χ2n) is 4.06. The minimum Gasteiger partial charge on any atom is -0.345 e. The number of nitrogens with one attached hydrogen (secondary N) is 1. The molecule has 3 nitrogen and oxygen atoms in total. The molecule has 0 saturated carbocycles. The Morgan fingerprint density at radius 2 is 2.17 bits per heavy atom. The van der Waals surface area contributed by atoms with E-state index in [0.717, 1.165) is 5.56 Å². The first kappa shape index (κ1) is 14.6. The number of likely N-dealkylation sites (N-methyl/N-ethyl adjacent to an activating group) is 1. The second-order valence-corrected chi connectivity index (χ2v) is 4.06. The number of hydrogen-bond donors (Lipinski definition) is 1. The molecule has 0 bridgehead atoms. The number of halogens is 2. The molecule has 1 aromatic rings. The fourth-order valence-electron chi connectivity index (χ4n) is 1.46. The molecule has 0 aromatic heterocycles. The third-order valence-electron chi connectivity index (χ3n) is 2.71. The molecule has 1 N–H and O–H groups in total. The first-order valence-corrected chi connectivity index (χ1v) is 5.86. The maximum absolute atomic E-state index is 12.5. The lowest BCUT2D eigenvalue weighted by Crippen LogP contribution is -2.35. The Morgan fingerprint density at radius 3 is 2.78 bits per heavy atom. The van der Waals surface area contributed by atoms with E-state index in [-0.39, 0.29) is 18.0 Å². The maximum atomic E-state index is 12.5. The molecule has 1 amide bonds. The van der Waals surface area contributed by atoms with Gasteiger partial charge in [-0.1, -0.05) is 18.2 Å². The Morgan fingerprint density at radius 1 is 1.44 bits per heavy atom. The Hall–Kier alpha value is -1.49. The van der Waals surface area contributed by atoms with Gasteiger partial charge in [0, 0.05) is 25.7 Å². The highest BCUT2D eigenvalue weighted by atomic mass is 19.3. The van der Waals surface area contributed by atoms with Crippen molar-refractivity contribution in [1.82, 2.24) is 10.2 Å². The molecule has 1 aromatic carbocycles. The Labute approximate surface area is 106 Å². The molecular weight excluding hydrogens is 238 g/mol. The van der Waals surface area contributed by atoms with Crippen LogP contribution in [0.3, 0.4) is 0 Å². The van der Waals surface area contributed by atoms with Crippen LogP contribution in [0.4, 0.5) is 8.78 Å². The first-order valence-electron chi connectivity index (χ1n) is 5.86. The van der Waals surface area contributed by atoms with Crippen molar-refractivity contribution >= 4 is 5.91 Å². The van der Waals surface area contributed by atoms with Gasteiger partial charge in [-0.2, -0.15) is 0 Å². The molecule has 0 aliphatic heterocycles. The molecule has 5 heteroatoms. The standard InChI is InChI=1S/C13H18F2N2O/c1-3-17(2)12(18)9-16-8-10-5-4-6-11(7-10)13(14)15/h4-7,13,16H,3,8-9H2,1-2H3. The van der Waals surface area contributed by atoms with Crippen LogP contribution < -0.4 is 5.32 Å². The van der Waals surface area contributed by atoms with Gasteiger partial charge in [-0.25, -0.2) is 8.78 Å². The van der Waals surface area contributed by atoms with E-state index >= 15 is 0 Å². The van der Waals surface area contributed by atoms with Crippen molar-refractivity contribution in [3.05, 3.63) is 35.4 Å². The van der Waals surface area contributed by atoms with E-state index in [2.05, 4.69) is 5.32 Å². The predicted molar refractivity (Wildman–Crippen MR) is 66.4 cm³/mol. The molecule has 0 aliphatic carbocycles. The molecule has 1 rings (SSSR count). The van der Waals surface area contributed by atoms with Crippen molar-refractivity contribution in [3.63, 3.8) is 0 Å². The molecule has 0 fully saturated rings. The van der Waals surface area contributed by atoms with Crippen LogP contribution >= 0.6 is 0 Å². The van der Waals surface area contributed by atoms with Crippen molar-refractivity contribution in [3.8, 4) is 0 Å². The summed E-state index contributed by atoms with van der Waals surface area (Å²) in [6.45, 7) is 3.17. The zero-order valence-corrected chi connectivity index (χ0v) is 10.6. The van der Waals surface area contributed by atoms with Crippen LogP contribution in [0.25, 0.3) is 0 Å². The van der Waals surface area contributed by atoms with Gasteiger partial charge >= 0.3 is 0 Å². The van der Waals surface area contributed by atoms with Gasteiger partial charge in [-0.15, -0.1) is 0 Å². The summed E-state index contributed by atoms with van der Waals surface area (Å²) in [5.41, 5.74) is 0.756. The van der Waals surface area contributed by atoms with Crippen LogP contribution in [-0.4, -0.2) is 30.9 Å². The van der Waals surface area contributed by atoms with E-state index in [0.29, 0.717) is 13.1 Å². The predicted octanol–water partition coefficient (Wildman–Crippen LogP) is 2.19. The summed E-state index contributed by atoms with van der Waals surface area (Å²) in [6, 6.07) is 6.20. The summed E-state index contributed by atoms with van der Waals surface area (Å²) in [5.74, 6) is -0.0116. The minimum atomic E-state index is -2.46. The largest absolute Gasteiger partial charge is 0.345 e. The summed E-state index contributed by atoms with van der Waals surface area (Å²) in [4.78, 5) is 13.1. The molecule has 18 heavy (non-hydrogen) atoms. The van der Waals surface area contributed by atoms with Crippen molar-refractivity contribution in [2.45, 2.75) is 19.9 Å². The zero-order chi connectivity index (χ0) is 13.5. The second kappa shape index (κ2) is 7.06. The number of nitrogens with zero attached hydrogens (tertiary/aromatic N) is 1. The summed E-state index contributed by atoms with van der Waals surface area (Å²) >= 11 is 0. The fraction of sp³-hybridized carbons (Fsp3) is 0.462. The Kier molecular flexibility index (Phi) is 5.71. The van der Waals surface area contributed by atoms with Crippen LogP contribution in [0.15, 0.2) is 24.3 Å². The molecular formula is C13H18F2N2O. The highest BCUT2D eigenvalue weighted by molar-refractivity contribution is 5.77. The van der Waals surface area contributed by atoms with Crippen molar-refractivity contribution < 1.29 is 13.6 Å². The van der Waals surface area contributed by atoms with Crippen LogP contribution in [0.5, 0.6) is 0 Å². The molecule has 0 aliphatic rings. The van der Waals surface area contributed by atoms with E-state index in [1.54, 1.807) is 24.1 Å². The number of benzene rings is 1. The van der Waals surface area contributed by atoms with E-state index in [4.69, 9.17) is 0 Å². The van der Waals surface area contributed by atoms with Crippen molar-refractivity contribution in [1.29, 1.82) is 0 Å². The minimum absolute atomic E-state index is 0.00584. The first-order chi connectivity index (χ1) is 8.54. The van der Waals surface area contributed by atoms with Gasteiger partial charge in [0.1, 0.15) is 0 Å². The number of hydrogen-bond acceptors (Lipinski definition) is 2. The van der Waals surface area contributed by atoms with Gasteiger partial charge in [0.2, 0.25) is 5.91 Å². The highest BCUT2D eigenvalue weighted by Gasteiger charge is 2.08. The number of rotatable bonds is 6. The lowest BCUT2D eigenvalue weighted by Gasteiger charge is -2.14. The SMILES string of the molecule is CCN(C)C(=O)CNCc1cccc(C(F)F)c1. The molecule has 0 spiro atoms. The lowest BCUT2D eigenvalue weighted by molar-refractivity contribution is -0.128. The smallest absolute Gasteiger partial charge is 0.263 e. The van der Waals surface area contributed by atoms with Gasteiger partial charge in [-0.3, -0.25) is 4.79 Å². The van der Waals surface area contributed by atoms with E-state index < -0.39 is 6.43 Å². The topological polar surface area (TPSA) is 32.3 Å². The monoisotopic (exact) mass is 256 g/mol. The highest BCUT2D eigenvalue weighted by Crippen LogP contribution is 2.19. The molecule has 100 valence electrons. The van der Waals surface area contributed by atoms with Gasteiger partial charge in [0.25, 0.3) is 6.43 Å². The van der Waals surface area contributed by atoms with Gasteiger partial charge in [0.05, 0.1) is 6.54 Å². The van der Waals surface area contributed by atoms with E-state index in [1.807, 2.05) is 6.92 Å². The van der Waals surface area contributed by atoms with Crippen molar-refractivity contribution in [2.24, 2.45) is 0 Å². The molecule has 0 radical (unpaired) electrons. The van der Waals surface area contributed by atoms with Crippen molar-refractivity contribution in [2.75, 3.05) is 20.1 Å². The molecule has 0 heterocycles. The zero-order valence-electron chi connectivity index (χ0n) is 10.6. The normalized spacial score (nSPS) is 10.7. The summed E-state index contributed by atoms with van der Waals surface area (Å²) < 4.78 is 24.9. The van der Waals surface area contributed by atoms with Crippen LogP contribution in [0, 0.1) is 0 Å². The third-order valence-corrected chi connectivity index (χ3v) is 2.71. The molecule has 0 atom stereocenters. The van der Waals surface area contributed by atoms with E-state index in [1.165, 1.54) is 12.1 Å². The Balaban J connectivity index is 2.44. The van der Waals surface area contributed by atoms with Crippen LogP contribution in [-0.2, 0) is 11.3 Å². The maximum Gasteiger partial charge on any atom is 0.263 e. The van der Waals surface area contributed by atoms with Gasteiger partial charge in [-0.05, 0) is 18.6 Å². The quantitative estimate of drug-likeness (QED) is 0.846. The molecule has 0 saturated heterocycles. The number of amides is 1. The lowest BCUT2D eigenvalue weighted by atomic mass is 10.1. The fourth-order valence-corrected chi connectivity index (χ4v) is 1.46. The average Bonchev–Trinajstić information content (AvgIpc) is 2.38. The summed E-state index contributed by atoms with van der Waals surface area (Å²) in [5, 5.41) is 2.95. The van der Waals surface area contributed by atoms with Gasteiger partial charge < -0.3 is 10.2 Å². The number of carbonyl (C=O) groups is 1. The number of alkyl halides is 2. The van der Waals surface area contributed by atoms with Crippen LogP contribution in [0.1, 0.15) is 24.5 Å². The average molecular weight is 256 g/mol.